The molecule has 0 aliphatic carbocycles. The molecule has 0 heterocycles. The molecule has 1 aromatic rings. The van der Waals surface area contributed by atoms with Gasteiger partial charge in [-0.2, -0.15) is 0 Å². The van der Waals surface area contributed by atoms with E-state index in [1.165, 1.54) is 5.56 Å². The number of alkyl halides is 1. The normalized spacial score (nSPS) is 10.5. The predicted octanol–water partition coefficient (Wildman–Crippen LogP) is 3.67. The van der Waals surface area contributed by atoms with E-state index in [0.29, 0.717) is 10.5 Å². The van der Waals surface area contributed by atoms with E-state index in [0.717, 1.165) is 17.9 Å². The third kappa shape index (κ3) is 3.89. The van der Waals surface area contributed by atoms with E-state index < -0.39 is 0 Å². The summed E-state index contributed by atoms with van der Waals surface area (Å²) in [5, 5.41) is 0. The maximum Gasteiger partial charge on any atom is 0.162 e. The smallest absolute Gasteiger partial charge is 0.162 e. The van der Waals surface area contributed by atoms with E-state index in [4.69, 9.17) is 9.47 Å². The van der Waals surface area contributed by atoms with Crippen molar-refractivity contribution < 1.29 is 9.47 Å². The molecule has 1 aromatic carbocycles. The molecule has 2 nitrogen and oxygen atoms in total. The standard InChI is InChI=1S/C12H17IO2/c1-9(2)6-10-4-5-11(14-3)12(7-10)15-8-13/h4-5,7,9H,6,8H2,1-3H3. The van der Waals surface area contributed by atoms with E-state index >= 15 is 0 Å². The number of rotatable bonds is 5. The number of ether oxygens (including phenoxy) is 2. The molecule has 1 rings (SSSR count). The molecule has 0 unspecified atom stereocenters. The quantitative estimate of drug-likeness (QED) is 0.609. The molecule has 3 heteroatoms. The summed E-state index contributed by atoms with van der Waals surface area (Å²) in [6.45, 7) is 4.42. The van der Waals surface area contributed by atoms with E-state index in [9.17, 15) is 0 Å². The Labute approximate surface area is 105 Å². The molecule has 0 aliphatic heterocycles. The highest BCUT2D eigenvalue weighted by atomic mass is 127. The van der Waals surface area contributed by atoms with Crippen molar-refractivity contribution in [3.63, 3.8) is 0 Å². The lowest BCUT2D eigenvalue weighted by molar-refractivity contribution is 0.349. The van der Waals surface area contributed by atoms with Gasteiger partial charge in [-0.05, 0) is 52.6 Å². The average molecular weight is 320 g/mol. The van der Waals surface area contributed by atoms with E-state index in [-0.39, 0.29) is 0 Å². The summed E-state index contributed by atoms with van der Waals surface area (Å²) in [4.78, 5) is 0. The molecule has 0 amide bonds. The molecule has 84 valence electrons. The average Bonchev–Trinajstić information content (AvgIpc) is 2.18. The highest BCUT2D eigenvalue weighted by molar-refractivity contribution is 14.1. The topological polar surface area (TPSA) is 18.5 Å². The predicted molar refractivity (Wildman–Crippen MR) is 71.1 cm³/mol. The number of benzene rings is 1. The summed E-state index contributed by atoms with van der Waals surface area (Å²) < 4.78 is 11.4. The number of hydrogen-bond acceptors (Lipinski definition) is 2. The fraction of sp³-hybridized carbons (Fsp3) is 0.500. The second-order valence-corrected chi connectivity index (χ2v) is 4.46. The zero-order chi connectivity index (χ0) is 11.3. The lowest BCUT2D eigenvalue weighted by Crippen LogP contribution is -1.98. The zero-order valence-corrected chi connectivity index (χ0v) is 11.6. The van der Waals surface area contributed by atoms with Gasteiger partial charge in [-0.1, -0.05) is 19.9 Å². The molecule has 0 aliphatic rings. The maximum atomic E-state index is 5.51. The SMILES string of the molecule is COc1ccc(CC(C)C)cc1OCI. The number of methoxy groups -OCH3 is 1. The Morgan fingerprint density at radius 1 is 1.27 bits per heavy atom. The van der Waals surface area contributed by atoms with E-state index in [1.807, 2.05) is 6.07 Å². The van der Waals surface area contributed by atoms with Crippen molar-refractivity contribution >= 4 is 22.6 Å². The van der Waals surface area contributed by atoms with Gasteiger partial charge in [-0.25, -0.2) is 0 Å². The summed E-state index contributed by atoms with van der Waals surface area (Å²) >= 11 is 2.18. The Morgan fingerprint density at radius 3 is 2.53 bits per heavy atom. The Kier molecular flexibility index (Phi) is 5.22. The van der Waals surface area contributed by atoms with Crippen LogP contribution in [0.25, 0.3) is 0 Å². The first-order valence-corrected chi connectivity index (χ1v) is 6.55. The van der Waals surface area contributed by atoms with Crippen LogP contribution in [-0.2, 0) is 6.42 Å². The first-order chi connectivity index (χ1) is 7.17. The monoisotopic (exact) mass is 320 g/mol. The first-order valence-electron chi connectivity index (χ1n) is 5.03. The third-order valence-electron chi connectivity index (χ3n) is 2.08. The molecule has 0 bridgehead atoms. The van der Waals surface area contributed by atoms with Crippen molar-refractivity contribution in [2.24, 2.45) is 5.92 Å². The van der Waals surface area contributed by atoms with Crippen LogP contribution < -0.4 is 9.47 Å². The molecule has 0 N–H and O–H groups in total. The van der Waals surface area contributed by atoms with Gasteiger partial charge in [0, 0.05) is 0 Å². The van der Waals surface area contributed by atoms with Crippen molar-refractivity contribution in [3.8, 4) is 11.5 Å². The van der Waals surface area contributed by atoms with Crippen LogP contribution in [0.3, 0.4) is 0 Å². The molecule has 15 heavy (non-hydrogen) atoms. The van der Waals surface area contributed by atoms with Gasteiger partial charge in [-0.3, -0.25) is 0 Å². The Hall–Kier alpha value is -0.450. The van der Waals surface area contributed by atoms with Crippen molar-refractivity contribution in [1.29, 1.82) is 0 Å². The lowest BCUT2D eigenvalue weighted by Gasteiger charge is -2.11. The highest BCUT2D eigenvalue weighted by Crippen LogP contribution is 2.29. The van der Waals surface area contributed by atoms with Gasteiger partial charge in [0.15, 0.2) is 11.5 Å². The van der Waals surface area contributed by atoms with Crippen LogP contribution in [0.2, 0.25) is 0 Å². The van der Waals surface area contributed by atoms with E-state index in [1.54, 1.807) is 7.11 Å². The molecule has 0 spiro atoms. The summed E-state index contributed by atoms with van der Waals surface area (Å²) in [5.41, 5.74) is 1.30. The summed E-state index contributed by atoms with van der Waals surface area (Å²) in [7, 11) is 1.66. The van der Waals surface area contributed by atoms with Crippen LogP contribution in [0.4, 0.5) is 0 Å². The fourth-order valence-corrected chi connectivity index (χ4v) is 1.83. The van der Waals surface area contributed by atoms with Crippen LogP contribution >= 0.6 is 22.6 Å². The van der Waals surface area contributed by atoms with Gasteiger partial charge in [0.1, 0.15) is 4.61 Å². The number of halogens is 1. The van der Waals surface area contributed by atoms with Crippen LogP contribution in [0.1, 0.15) is 19.4 Å². The molecular weight excluding hydrogens is 303 g/mol. The molecule has 0 atom stereocenters. The number of hydrogen-bond donors (Lipinski definition) is 0. The second-order valence-electron chi connectivity index (χ2n) is 3.84. The highest BCUT2D eigenvalue weighted by Gasteiger charge is 2.06. The summed E-state index contributed by atoms with van der Waals surface area (Å²) in [5.74, 6) is 2.30. The molecule has 0 aromatic heterocycles. The molecule has 0 fully saturated rings. The molecular formula is C12H17IO2. The summed E-state index contributed by atoms with van der Waals surface area (Å²) in [6.07, 6.45) is 1.07. The van der Waals surface area contributed by atoms with Gasteiger partial charge in [0.2, 0.25) is 0 Å². The minimum atomic E-state index is 0.638. The Balaban J connectivity index is 2.88. The van der Waals surface area contributed by atoms with Gasteiger partial charge < -0.3 is 9.47 Å². The lowest BCUT2D eigenvalue weighted by atomic mass is 10.0. The maximum absolute atomic E-state index is 5.51. The second kappa shape index (κ2) is 6.20. The zero-order valence-electron chi connectivity index (χ0n) is 9.42. The van der Waals surface area contributed by atoms with Crippen molar-refractivity contribution in [1.82, 2.24) is 0 Å². The van der Waals surface area contributed by atoms with Gasteiger partial charge in [-0.15, -0.1) is 0 Å². The van der Waals surface area contributed by atoms with Crippen molar-refractivity contribution in [2.75, 3.05) is 11.7 Å². The fourth-order valence-electron chi connectivity index (χ4n) is 1.49. The minimum Gasteiger partial charge on any atom is -0.493 e. The molecule has 0 saturated carbocycles. The minimum absolute atomic E-state index is 0.638. The first kappa shape index (κ1) is 12.6. The largest absolute Gasteiger partial charge is 0.493 e. The molecule has 0 radical (unpaired) electrons. The third-order valence-corrected chi connectivity index (χ3v) is 2.39. The van der Waals surface area contributed by atoms with Gasteiger partial charge in [0.05, 0.1) is 7.11 Å². The van der Waals surface area contributed by atoms with E-state index in [2.05, 4.69) is 48.6 Å². The van der Waals surface area contributed by atoms with Crippen LogP contribution in [0, 0.1) is 5.92 Å². The van der Waals surface area contributed by atoms with Crippen LogP contribution in [0.15, 0.2) is 18.2 Å². The summed E-state index contributed by atoms with van der Waals surface area (Å²) in [6, 6.07) is 6.13. The van der Waals surface area contributed by atoms with Gasteiger partial charge >= 0.3 is 0 Å². The van der Waals surface area contributed by atoms with Crippen LogP contribution in [0.5, 0.6) is 11.5 Å². The Morgan fingerprint density at radius 2 is 2.00 bits per heavy atom. The van der Waals surface area contributed by atoms with Crippen molar-refractivity contribution in [3.05, 3.63) is 23.8 Å². The van der Waals surface area contributed by atoms with Crippen LogP contribution in [-0.4, -0.2) is 11.7 Å². The molecule has 0 saturated heterocycles. The Bertz CT molecular complexity index is 310. The van der Waals surface area contributed by atoms with Gasteiger partial charge in [0.25, 0.3) is 0 Å². The van der Waals surface area contributed by atoms with Crippen molar-refractivity contribution in [2.45, 2.75) is 20.3 Å².